The Morgan fingerprint density at radius 3 is 2.40 bits per heavy atom. The van der Waals surface area contributed by atoms with Crippen molar-refractivity contribution in [2.75, 3.05) is 19.1 Å². The Labute approximate surface area is 156 Å². The van der Waals surface area contributed by atoms with Gasteiger partial charge in [0.1, 0.15) is 17.3 Å². The summed E-state index contributed by atoms with van der Waals surface area (Å²) in [4.78, 5) is 0. The lowest BCUT2D eigenvalue weighted by Crippen LogP contribution is -2.75. The highest BCUT2D eigenvalue weighted by Gasteiger charge is 2.76. The average molecular weight is 377 g/mol. The largest absolute Gasteiger partial charge is 0.390 e. The van der Waals surface area contributed by atoms with Gasteiger partial charge in [0.15, 0.2) is 5.60 Å². The Morgan fingerprint density at radius 2 is 1.92 bits per heavy atom. The van der Waals surface area contributed by atoms with E-state index in [1.807, 2.05) is 40.9 Å². The number of allylic oxidation sites excluding steroid dienone is 1. The molecule has 6 heteroatoms. The molecule has 1 aliphatic carbocycles. The first-order valence-electron chi connectivity index (χ1n) is 9.12. The first-order valence-corrected chi connectivity index (χ1v) is 10.5. The Balaban J connectivity index is 0.00000151. The van der Waals surface area contributed by atoms with Crippen molar-refractivity contribution in [2.24, 2.45) is 0 Å². The summed E-state index contributed by atoms with van der Waals surface area (Å²) >= 11 is 1.47. The maximum atomic E-state index is 11.6. The van der Waals surface area contributed by atoms with Crippen molar-refractivity contribution in [1.82, 2.24) is 0 Å². The van der Waals surface area contributed by atoms with Crippen molar-refractivity contribution in [2.45, 2.75) is 89.0 Å². The molecule has 0 spiro atoms. The lowest BCUT2D eigenvalue weighted by molar-refractivity contribution is -0.271. The normalized spacial score (nSPS) is 43.0. The number of rotatable bonds is 6. The molecule has 1 heterocycles. The van der Waals surface area contributed by atoms with Crippen molar-refractivity contribution in [3.05, 3.63) is 11.6 Å². The second-order valence-electron chi connectivity index (χ2n) is 7.22. The summed E-state index contributed by atoms with van der Waals surface area (Å²) in [6.45, 7) is 9.84. The molecule has 1 saturated heterocycles. The molecule has 2 aliphatic rings. The van der Waals surface area contributed by atoms with Gasteiger partial charge in [-0.05, 0) is 46.3 Å². The number of thioether (sulfide) groups is 1. The first-order chi connectivity index (χ1) is 11.7. The predicted molar refractivity (Wildman–Crippen MR) is 103 cm³/mol. The van der Waals surface area contributed by atoms with E-state index in [2.05, 4.69) is 6.08 Å². The summed E-state index contributed by atoms with van der Waals surface area (Å²) in [7, 11) is 1.46. The number of epoxide rings is 1. The molecule has 25 heavy (non-hydrogen) atoms. The monoisotopic (exact) mass is 376 g/mol. The van der Waals surface area contributed by atoms with Gasteiger partial charge in [0.25, 0.3) is 0 Å². The van der Waals surface area contributed by atoms with E-state index in [0.29, 0.717) is 25.0 Å². The van der Waals surface area contributed by atoms with Gasteiger partial charge in [-0.15, -0.1) is 0 Å². The third-order valence-electron chi connectivity index (χ3n) is 5.40. The van der Waals surface area contributed by atoms with Crippen molar-refractivity contribution < 1.29 is 24.8 Å². The third kappa shape index (κ3) is 3.94. The van der Waals surface area contributed by atoms with Gasteiger partial charge >= 0.3 is 0 Å². The third-order valence-corrected chi connectivity index (χ3v) is 6.17. The van der Waals surface area contributed by atoms with E-state index in [0.717, 1.165) is 0 Å². The van der Waals surface area contributed by atoms with Crippen LogP contribution in [0, 0.1) is 0 Å². The minimum absolute atomic E-state index is 0.196. The van der Waals surface area contributed by atoms with E-state index in [1.54, 1.807) is 0 Å². The topological polar surface area (TPSA) is 82.5 Å². The summed E-state index contributed by atoms with van der Waals surface area (Å²) in [6.07, 6.45) is 3.44. The number of hydrogen-bond acceptors (Lipinski definition) is 6. The Hall–Kier alpha value is -0.110. The van der Waals surface area contributed by atoms with Crippen LogP contribution in [0.15, 0.2) is 11.6 Å². The van der Waals surface area contributed by atoms with Gasteiger partial charge in [-0.2, -0.15) is 11.8 Å². The molecular formula is C19H36O5S. The second kappa shape index (κ2) is 8.72. The molecule has 0 aromatic heterocycles. The van der Waals surface area contributed by atoms with Crippen LogP contribution in [0.3, 0.4) is 0 Å². The Kier molecular flexibility index (Phi) is 8.00. The van der Waals surface area contributed by atoms with Crippen LogP contribution in [0.25, 0.3) is 0 Å². The van der Waals surface area contributed by atoms with Gasteiger partial charge in [0, 0.05) is 12.9 Å². The van der Waals surface area contributed by atoms with E-state index in [1.165, 1.54) is 24.4 Å². The summed E-state index contributed by atoms with van der Waals surface area (Å²) in [6, 6.07) is 0. The average Bonchev–Trinajstić information content (AvgIpc) is 3.25. The maximum absolute atomic E-state index is 11.6. The van der Waals surface area contributed by atoms with Gasteiger partial charge in [-0.3, -0.25) is 0 Å². The van der Waals surface area contributed by atoms with Crippen LogP contribution < -0.4 is 0 Å². The number of aliphatic hydroxyl groups is 3. The minimum Gasteiger partial charge on any atom is -0.390 e. The van der Waals surface area contributed by atoms with Crippen molar-refractivity contribution in [3.8, 4) is 0 Å². The number of ether oxygens (including phenoxy) is 2. The van der Waals surface area contributed by atoms with Gasteiger partial charge < -0.3 is 24.8 Å². The zero-order valence-corrected chi connectivity index (χ0v) is 17.5. The van der Waals surface area contributed by atoms with E-state index >= 15 is 0 Å². The summed E-state index contributed by atoms with van der Waals surface area (Å²) < 4.78 is 11.3. The highest BCUT2D eigenvalue weighted by atomic mass is 32.2. The molecule has 1 saturated carbocycles. The van der Waals surface area contributed by atoms with E-state index in [4.69, 9.17) is 9.47 Å². The molecule has 0 aromatic carbocycles. The van der Waals surface area contributed by atoms with Crippen LogP contribution in [-0.2, 0) is 9.47 Å². The predicted octanol–water partition coefficient (Wildman–Crippen LogP) is 2.52. The molecule has 0 aromatic rings. The zero-order chi connectivity index (χ0) is 19.5. The molecule has 2 fully saturated rings. The molecule has 0 amide bonds. The summed E-state index contributed by atoms with van der Waals surface area (Å²) in [5, 5.41) is 33.1. The van der Waals surface area contributed by atoms with Crippen molar-refractivity contribution in [3.63, 3.8) is 0 Å². The molecule has 6 atom stereocenters. The number of methoxy groups -OCH3 is 1. The fourth-order valence-electron chi connectivity index (χ4n) is 3.98. The summed E-state index contributed by atoms with van der Waals surface area (Å²) in [5.41, 5.74) is -2.77. The van der Waals surface area contributed by atoms with Crippen LogP contribution in [0.4, 0.5) is 0 Å². The Bertz CT molecular complexity index is 467. The number of hydrogen-bond donors (Lipinski definition) is 3. The lowest BCUT2D eigenvalue weighted by atomic mass is 9.62. The molecular weight excluding hydrogens is 340 g/mol. The van der Waals surface area contributed by atoms with Gasteiger partial charge in [0.2, 0.25) is 0 Å². The smallest absolute Gasteiger partial charge is 0.154 e. The molecule has 0 radical (unpaired) electrons. The zero-order valence-electron chi connectivity index (χ0n) is 16.7. The van der Waals surface area contributed by atoms with Gasteiger partial charge in [-0.25, -0.2) is 0 Å². The van der Waals surface area contributed by atoms with Gasteiger partial charge in [-0.1, -0.05) is 25.5 Å². The quantitative estimate of drug-likeness (QED) is 0.488. The van der Waals surface area contributed by atoms with Gasteiger partial charge in [0.05, 0.1) is 12.2 Å². The molecule has 2 rings (SSSR count). The Morgan fingerprint density at radius 1 is 1.32 bits per heavy atom. The lowest BCUT2D eigenvalue weighted by Gasteiger charge is -2.54. The fourth-order valence-corrected chi connectivity index (χ4v) is 4.82. The van der Waals surface area contributed by atoms with E-state index in [9.17, 15) is 15.3 Å². The molecule has 5 nitrogen and oxygen atoms in total. The standard InChI is InChI=1S/C17H30O5S.C2H6/c1-11(2)6-7-13-15(3,22-13)17(20)14(21-4)12(18)8-9-16(17,19)10-23-5;1-2/h6,12-14,18-20H,7-10H2,1-5H3;1-2H3/t12-,13-,14-,15+,16+,17+;/m1./s1. The van der Waals surface area contributed by atoms with Crippen molar-refractivity contribution >= 4 is 11.8 Å². The fraction of sp³-hybridized carbons (Fsp3) is 0.895. The molecule has 0 bridgehead atoms. The van der Waals surface area contributed by atoms with Crippen LogP contribution in [0.2, 0.25) is 0 Å². The van der Waals surface area contributed by atoms with E-state index < -0.39 is 29.0 Å². The molecule has 3 N–H and O–H groups in total. The van der Waals surface area contributed by atoms with E-state index in [-0.39, 0.29) is 6.10 Å². The molecule has 148 valence electrons. The second-order valence-corrected chi connectivity index (χ2v) is 8.09. The molecule has 1 aliphatic heterocycles. The number of aliphatic hydroxyl groups excluding tert-OH is 1. The van der Waals surface area contributed by atoms with Crippen molar-refractivity contribution in [1.29, 1.82) is 0 Å². The van der Waals surface area contributed by atoms with Crippen LogP contribution in [0.1, 0.15) is 53.9 Å². The van der Waals surface area contributed by atoms with Crippen LogP contribution >= 0.6 is 11.8 Å². The van der Waals surface area contributed by atoms with Crippen LogP contribution in [0.5, 0.6) is 0 Å². The summed E-state index contributed by atoms with van der Waals surface area (Å²) in [5.74, 6) is 0.365. The molecule has 0 unspecified atom stereocenters. The maximum Gasteiger partial charge on any atom is 0.154 e. The van der Waals surface area contributed by atoms with Crippen LogP contribution in [-0.4, -0.2) is 69.6 Å². The highest BCUT2D eigenvalue weighted by Crippen LogP contribution is 2.57. The minimum atomic E-state index is -1.66. The SMILES string of the molecule is CC.CO[C@@H]1[C@H](O)CC[C@](O)(CSC)[C@@]1(O)[C@@]1(C)O[C@@H]1CC=C(C)C. The first kappa shape index (κ1) is 22.9. The highest BCUT2D eigenvalue weighted by molar-refractivity contribution is 7.98.